The minimum absolute atomic E-state index is 0.00516. The Morgan fingerprint density at radius 1 is 1.44 bits per heavy atom. The molecule has 1 aromatic heterocycles. The number of aliphatic carboxylic acids is 1. The lowest BCUT2D eigenvalue weighted by Gasteiger charge is -2.19. The number of hydrogen-bond donors (Lipinski definition) is 1. The van der Waals surface area contributed by atoms with Crippen molar-refractivity contribution in [2.45, 2.75) is 20.3 Å². The zero-order valence-electron chi connectivity index (χ0n) is 10.5. The third-order valence-electron chi connectivity index (χ3n) is 2.42. The second kappa shape index (κ2) is 6.96. The molecule has 0 spiro atoms. The first kappa shape index (κ1) is 14.4. The number of carboxylic acid groups (broad SMARTS) is 1. The summed E-state index contributed by atoms with van der Waals surface area (Å²) < 4.78 is 0. The zero-order valence-corrected chi connectivity index (χ0v) is 11.4. The minimum Gasteiger partial charge on any atom is -0.478 e. The number of nitrogens with zero attached hydrogens (tertiary/aromatic N) is 1. The highest BCUT2D eigenvalue weighted by molar-refractivity contribution is 7.11. The number of hydrogen-bond acceptors (Lipinski definition) is 3. The molecule has 0 saturated heterocycles. The van der Waals surface area contributed by atoms with E-state index in [0.717, 1.165) is 23.9 Å². The second-order valence-electron chi connectivity index (χ2n) is 3.79. The van der Waals surface area contributed by atoms with Crippen LogP contribution in [0.15, 0.2) is 17.5 Å². The van der Waals surface area contributed by atoms with Gasteiger partial charge < -0.3 is 10.0 Å². The maximum absolute atomic E-state index is 12.1. The minimum atomic E-state index is -0.988. The van der Waals surface area contributed by atoms with E-state index in [1.54, 1.807) is 16.3 Å². The molecule has 1 N–H and O–H groups in total. The van der Waals surface area contributed by atoms with E-state index < -0.39 is 5.97 Å². The Morgan fingerprint density at radius 3 is 2.72 bits per heavy atom. The van der Waals surface area contributed by atoms with Gasteiger partial charge in [0.15, 0.2) is 0 Å². The fourth-order valence-corrected chi connectivity index (χ4v) is 2.34. The summed E-state index contributed by atoms with van der Waals surface area (Å²) in [5.41, 5.74) is 0.625. The summed E-state index contributed by atoms with van der Waals surface area (Å²) >= 11 is 1.37. The molecule has 98 valence electrons. The van der Waals surface area contributed by atoms with Gasteiger partial charge in [0.05, 0.1) is 5.56 Å². The van der Waals surface area contributed by atoms with E-state index >= 15 is 0 Å². The highest BCUT2D eigenvalue weighted by atomic mass is 32.1. The Hall–Kier alpha value is -1.62. The Kier molecular flexibility index (Phi) is 5.58. The van der Waals surface area contributed by atoms with Crippen molar-refractivity contribution in [1.82, 2.24) is 4.90 Å². The van der Waals surface area contributed by atoms with Crippen molar-refractivity contribution in [3.63, 3.8) is 0 Å². The molecule has 0 saturated carbocycles. The molecule has 18 heavy (non-hydrogen) atoms. The quantitative estimate of drug-likeness (QED) is 0.806. The average molecular weight is 267 g/mol. The summed E-state index contributed by atoms with van der Waals surface area (Å²) in [6.45, 7) is 5.41. The van der Waals surface area contributed by atoms with Crippen molar-refractivity contribution < 1.29 is 14.7 Å². The number of rotatable bonds is 6. The van der Waals surface area contributed by atoms with E-state index in [2.05, 4.69) is 0 Å². The van der Waals surface area contributed by atoms with Crippen LogP contribution >= 0.6 is 11.3 Å². The molecule has 0 unspecified atom stereocenters. The number of thiophene rings is 1. The van der Waals surface area contributed by atoms with E-state index in [1.807, 2.05) is 13.8 Å². The molecule has 0 aliphatic carbocycles. The summed E-state index contributed by atoms with van der Waals surface area (Å²) in [5.74, 6) is -0.983. The van der Waals surface area contributed by atoms with Gasteiger partial charge in [-0.1, -0.05) is 6.92 Å². The summed E-state index contributed by atoms with van der Waals surface area (Å²) in [6.07, 6.45) is 3.50. The Labute approximate surface area is 111 Å². The van der Waals surface area contributed by atoms with Crippen molar-refractivity contribution in [3.05, 3.63) is 28.0 Å². The van der Waals surface area contributed by atoms with Gasteiger partial charge in [0, 0.05) is 29.4 Å². The van der Waals surface area contributed by atoms with Gasteiger partial charge in [-0.05, 0) is 25.5 Å². The van der Waals surface area contributed by atoms with Gasteiger partial charge in [0.1, 0.15) is 0 Å². The van der Waals surface area contributed by atoms with Crippen LogP contribution in [-0.2, 0) is 4.79 Å². The summed E-state index contributed by atoms with van der Waals surface area (Å²) in [4.78, 5) is 25.1. The molecule has 0 atom stereocenters. The predicted octanol–water partition coefficient (Wildman–Crippen LogP) is 2.72. The van der Waals surface area contributed by atoms with Crippen LogP contribution in [0.25, 0.3) is 6.08 Å². The van der Waals surface area contributed by atoms with Crippen LogP contribution < -0.4 is 0 Å². The molecule has 0 bridgehead atoms. The average Bonchev–Trinajstić information content (AvgIpc) is 2.81. The lowest BCUT2D eigenvalue weighted by atomic mass is 10.2. The molecule has 1 heterocycles. The van der Waals surface area contributed by atoms with Gasteiger partial charge in [-0.25, -0.2) is 4.79 Å². The highest BCUT2D eigenvalue weighted by Crippen LogP contribution is 2.18. The smallest absolute Gasteiger partial charge is 0.328 e. The largest absolute Gasteiger partial charge is 0.478 e. The van der Waals surface area contributed by atoms with Gasteiger partial charge in [-0.3, -0.25) is 4.79 Å². The molecule has 0 aliphatic heterocycles. The Bertz CT molecular complexity index is 451. The monoisotopic (exact) mass is 267 g/mol. The van der Waals surface area contributed by atoms with Crippen LogP contribution in [0.1, 0.15) is 35.5 Å². The van der Waals surface area contributed by atoms with Gasteiger partial charge in [-0.15, -0.1) is 11.3 Å². The van der Waals surface area contributed by atoms with Crippen molar-refractivity contribution in [2.24, 2.45) is 0 Å². The van der Waals surface area contributed by atoms with Gasteiger partial charge in [-0.2, -0.15) is 0 Å². The second-order valence-corrected chi connectivity index (χ2v) is 4.74. The first-order chi connectivity index (χ1) is 8.58. The van der Waals surface area contributed by atoms with Crippen molar-refractivity contribution in [3.8, 4) is 0 Å². The first-order valence-electron chi connectivity index (χ1n) is 5.87. The Morgan fingerprint density at radius 2 is 2.17 bits per heavy atom. The van der Waals surface area contributed by atoms with Crippen LogP contribution in [0.5, 0.6) is 0 Å². The fraction of sp³-hybridized carbons (Fsp3) is 0.385. The maximum Gasteiger partial charge on any atom is 0.328 e. The number of carbonyl (C=O) groups is 2. The summed E-state index contributed by atoms with van der Waals surface area (Å²) in [7, 11) is 0. The Balaban J connectivity index is 2.78. The van der Waals surface area contributed by atoms with E-state index in [4.69, 9.17) is 5.11 Å². The molecule has 0 fully saturated rings. The lowest BCUT2D eigenvalue weighted by Crippen LogP contribution is -2.31. The SMILES string of the molecule is CCCN(CC)C(=O)c1csc(C=CC(=O)O)c1. The van der Waals surface area contributed by atoms with Gasteiger partial charge >= 0.3 is 5.97 Å². The topological polar surface area (TPSA) is 57.6 Å². The molecule has 1 amide bonds. The van der Waals surface area contributed by atoms with E-state index in [-0.39, 0.29) is 5.91 Å². The van der Waals surface area contributed by atoms with E-state index in [9.17, 15) is 9.59 Å². The first-order valence-corrected chi connectivity index (χ1v) is 6.75. The van der Waals surface area contributed by atoms with Crippen molar-refractivity contribution >= 4 is 29.3 Å². The maximum atomic E-state index is 12.1. The molecule has 0 aliphatic rings. The van der Waals surface area contributed by atoms with Crippen LogP contribution in [0, 0.1) is 0 Å². The molecule has 0 radical (unpaired) electrons. The number of amides is 1. The van der Waals surface area contributed by atoms with Crippen LogP contribution in [0.4, 0.5) is 0 Å². The molecule has 1 aromatic rings. The molecule has 4 nitrogen and oxygen atoms in total. The molecular formula is C13H17NO3S. The third-order valence-corrected chi connectivity index (χ3v) is 3.32. The lowest BCUT2D eigenvalue weighted by molar-refractivity contribution is -0.131. The van der Waals surface area contributed by atoms with Crippen molar-refractivity contribution in [1.29, 1.82) is 0 Å². The van der Waals surface area contributed by atoms with E-state index in [0.29, 0.717) is 12.1 Å². The third kappa shape index (κ3) is 4.00. The molecule has 0 aromatic carbocycles. The van der Waals surface area contributed by atoms with Crippen molar-refractivity contribution in [2.75, 3.05) is 13.1 Å². The highest BCUT2D eigenvalue weighted by Gasteiger charge is 2.14. The summed E-state index contributed by atoms with van der Waals surface area (Å²) in [6, 6.07) is 1.73. The van der Waals surface area contributed by atoms with Crippen LogP contribution in [-0.4, -0.2) is 35.0 Å². The van der Waals surface area contributed by atoms with Gasteiger partial charge in [0.2, 0.25) is 0 Å². The number of carbonyl (C=O) groups excluding carboxylic acids is 1. The summed E-state index contributed by atoms with van der Waals surface area (Å²) in [5, 5.41) is 10.3. The standard InChI is InChI=1S/C13H17NO3S/c1-3-7-14(4-2)13(17)10-8-11(18-9-10)5-6-12(15)16/h5-6,8-9H,3-4,7H2,1-2H3,(H,15,16). The predicted molar refractivity (Wildman–Crippen MR) is 72.9 cm³/mol. The van der Waals surface area contributed by atoms with Crippen LogP contribution in [0.3, 0.4) is 0 Å². The van der Waals surface area contributed by atoms with Crippen LogP contribution in [0.2, 0.25) is 0 Å². The normalized spacial score (nSPS) is 10.8. The zero-order chi connectivity index (χ0) is 13.5. The molecular weight excluding hydrogens is 250 g/mol. The van der Waals surface area contributed by atoms with E-state index in [1.165, 1.54) is 17.4 Å². The fourth-order valence-electron chi connectivity index (χ4n) is 1.56. The number of carboxylic acids is 1. The van der Waals surface area contributed by atoms with Gasteiger partial charge in [0.25, 0.3) is 5.91 Å². The molecule has 1 rings (SSSR count). The molecule has 5 heteroatoms.